The summed E-state index contributed by atoms with van der Waals surface area (Å²) in [6.07, 6.45) is 33.0. The highest BCUT2D eigenvalue weighted by molar-refractivity contribution is 7.85. The molecule has 0 unspecified atom stereocenters. The van der Waals surface area contributed by atoms with Crippen LogP contribution in [0.5, 0.6) is 0 Å². The second kappa shape index (κ2) is 23.1. The van der Waals surface area contributed by atoms with Crippen LogP contribution < -0.4 is 0 Å². The molecular formula is C38H64O3S. The van der Waals surface area contributed by atoms with Gasteiger partial charge in [-0.3, -0.25) is 4.55 Å². The summed E-state index contributed by atoms with van der Waals surface area (Å²) in [6, 6.07) is 9.83. The Balaban J connectivity index is 1.81. The van der Waals surface area contributed by atoms with Crippen molar-refractivity contribution in [1.29, 1.82) is 0 Å². The van der Waals surface area contributed by atoms with Gasteiger partial charge in [-0.25, -0.2) is 0 Å². The summed E-state index contributed by atoms with van der Waals surface area (Å²) in [4.78, 5) is 0.111. The molecule has 0 aliphatic heterocycles. The maximum absolute atomic E-state index is 12.4. The second-order valence-electron chi connectivity index (χ2n) is 12.8. The van der Waals surface area contributed by atoms with Crippen LogP contribution >= 0.6 is 0 Å². The number of benzene rings is 2. The standard InChI is InChI=1S/C38H64O3S/c1-3-5-7-9-11-13-15-17-19-21-23-25-28-34-29-27-30-35-32-33-37(42(39,40)41)36(38(34)35)31-26-24-22-20-18-16-14-12-10-8-6-4-2/h27,29-30,32-33H,3-26,28,31H2,1-2H3,(H,39,40,41). The molecule has 0 atom stereocenters. The van der Waals surface area contributed by atoms with Gasteiger partial charge in [0, 0.05) is 0 Å². The maximum atomic E-state index is 12.4. The highest BCUT2D eigenvalue weighted by Gasteiger charge is 2.19. The third-order valence-corrected chi connectivity index (χ3v) is 9.99. The van der Waals surface area contributed by atoms with Crippen LogP contribution in [-0.2, 0) is 23.0 Å². The number of fused-ring (bicyclic) bond motifs is 1. The zero-order valence-electron chi connectivity index (χ0n) is 27.4. The third kappa shape index (κ3) is 15.4. The Morgan fingerprint density at radius 1 is 0.500 bits per heavy atom. The van der Waals surface area contributed by atoms with Gasteiger partial charge in [-0.05, 0) is 53.6 Å². The minimum absolute atomic E-state index is 0.111. The predicted octanol–water partition coefficient (Wildman–Crippen LogP) is 12.6. The van der Waals surface area contributed by atoms with E-state index in [0.29, 0.717) is 6.42 Å². The molecule has 0 saturated heterocycles. The van der Waals surface area contributed by atoms with Gasteiger partial charge in [0.1, 0.15) is 0 Å². The Hall–Kier alpha value is -1.39. The molecule has 0 aliphatic rings. The van der Waals surface area contributed by atoms with Crippen molar-refractivity contribution >= 4 is 20.9 Å². The van der Waals surface area contributed by atoms with E-state index in [-0.39, 0.29) is 4.90 Å². The highest BCUT2D eigenvalue weighted by Crippen LogP contribution is 2.31. The molecule has 1 N–H and O–H groups in total. The van der Waals surface area contributed by atoms with Crippen molar-refractivity contribution in [3.8, 4) is 0 Å². The normalized spacial score (nSPS) is 12.0. The molecule has 42 heavy (non-hydrogen) atoms. The fourth-order valence-corrected chi connectivity index (χ4v) is 7.27. The van der Waals surface area contributed by atoms with Crippen LogP contribution in [0.2, 0.25) is 0 Å². The quantitative estimate of drug-likeness (QED) is 0.0819. The first-order chi connectivity index (χ1) is 20.5. The molecule has 0 radical (unpaired) electrons. The molecule has 4 heteroatoms. The molecule has 0 heterocycles. The van der Waals surface area contributed by atoms with Gasteiger partial charge in [-0.1, -0.05) is 179 Å². The first-order valence-electron chi connectivity index (χ1n) is 18.0. The molecular weight excluding hydrogens is 536 g/mol. The summed E-state index contributed by atoms with van der Waals surface area (Å²) in [5.74, 6) is 0. The fourth-order valence-electron chi connectivity index (χ4n) is 6.51. The summed E-state index contributed by atoms with van der Waals surface area (Å²) < 4.78 is 34.8. The fraction of sp³-hybridized carbons (Fsp3) is 0.737. The molecule has 0 spiro atoms. The lowest BCUT2D eigenvalue weighted by Crippen LogP contribution is -2.05. The lowest BCUT2D eigenvalue weighted by molar-refractivity contribution is 0.482. The highest BCUT2D eigenvalue weighted by atomic mass is 32.2. The molecule has 0 bridgehead atoms. The maximum Gasteiger partial charge on any atom is 0.294 e. The number of aryl methyl sites for hydroxylation is 2. The van der Waals surface area contributed by atoms with Gasteiger partial charge in [0.15, 0.2) is 0 Å². The molecule has 0 saturated carbocycles. The number of hydrogen-bond donors (Lipinski definition) is 1. The minimum atomic E-state index is -4.26. The SMILES string of the molecule is CCCCCCCCCCCCCCc1cccc2ccc(S(=O)(=O)O)c(CCCCCCCCCCCCCC)c12. The summed E-state index contributed by atoms with van der Waals surface area (Å²) in [6.45, 7) is 4.54. The molecule has 3 nitrogen and oxygen atoms in total. The molecule has 240 valence electrons. The van der Waals surface area contributed by atoms with Crippen molar-refractivity contribution in [2.24, 2.45) is 0 Å². The average molecular weight is 601 g/mol. The summed E-state index contributed by atoms with van der Waals surface area (Å²) in [7, 11) is -4.26. The van der Waals surface area contributed by atoms with Crippen molar-refractivity contribution in [2.45, 2.75) is 186 Å². The van der Waals surface area contributed by atoms with Crippen LogP contribution in [0.3, 0.4) is 0 Å². The zero-order valence-corrected chi connectivity index (χ0v) is 28.3. The van der Waals surface area contributed by atoms with Gasteiger partial charge in [0.25, 0.3) is 10.1 Å². The van der Waals surface area contributed by atoms with Crippen molar-refractivity contribution < 1.29 is 13.0 Å². The van der Waals surface area contributed by atoms with Gasteiger partial charge in [0.05, 0.1) is 4.90 Å². The van der Waals surface area contributed by atoms with Crippen molar-refractivity contribution in [3.63, 3.8) is 0 Å². The Bertz CT molecular complexity index is 1060. The summed E-state index contributed by atoms with van der Waals surface area (Å²) in [5, 5.41) is 2.16. The lowest BCUT2D eigenvalue weighted by atomic mass is 9.92. The van der Waals surface area contributed by atoms with E-state index in [9.17, 15) is 13.0 Å². The molecule has 2 aromatic carbocycles. The summed E-state index contributed by atoms with van der Waals surface area (Å²) >= 11 is 0. The second-order valence-corrected chi connectivity index (χ2v) is 14.2. The van der Waals surface area contributed by atoms with Crippen LogP contribution in [0, 0.1) is 0 Å². The Kier molecular flexibility index (Phi) is 20.2. The molecule has 0 amide bonds. The van der Waals surface area contributed by atoms with Crippen molar-refractivity contribution in [3.05, 3.63) is 41.5 Å². The van der Waals surface area contributed by atoms with Gasteiger partial charge >= 0.3 is 0 Å². The molecule has 0 fully saturated rings. The monoisotopic (exact) mass is 600 g/mol. The Morgan fingerprint density at radius 2 is 0.905 bits per heavy atom. The van der Waals surface area contributed by atoms with E-state index < -0.39 is 10.1 Å². The lowest BCUT2D eigenvalue weighted by Gasteiger charge is -2.15. The van der Waals surface area contributed by atoms with Crippen molar-refractivity contribution in [2.75, 3.05) is 0 Å². The molecule has 0 aliphatic carbocycles. The van der Waals surface area contributed by atoms with E-state index in [1.54, 1.807) is 6.07 Å². The first kappa shape index (κ1) is 36.8. The smallest absolute Gasteiger partial charge is 0.282 e. The van der Waals surface area contributed by atoms with Crippen LogP contribution in [-0.4, -0.2) is 13.0 Å². The predicted molar refractivity (Wildman–Crippen MR) is 183 cm³/mol. The Morgan fingerprint density at radius 3 is 1.33 bits per heavy atom. The number of hydrogen-bond acceptors (Lipinski definition) is 2. The van der Waals surface area contributed by atoms with E-state index in [2.05, 4.69) is 32.0 Å². The van der Waals surface area contributed by atoms with Gasteiger partial charge in [0.2, 0.25) is 0 Å². The van der Waals surface area contributed by atoms with Crippen molar-refractivity contribution in [1.82, 2.24) is 0 Å². The molecule has 2 rings (SSSR count). The van der Waals surface area contributed by atoms with E-state index in [1.165, 1.54) is 140 Å². The third-order valence-electron chi connectivity index (χ3n) is 9.05. The molecule has 2 aromatic rings. The van der Waals surface area contributed by atoms with E-state index in [1.807, 2.05) is 6.07 Å². The van der Waals surface area contributed by atoms with Crippen LogP contribution in [0.4, 0.5) is 0 Å². The number of unbranched alkanes of at least 4 members (excludes halogenated alkanes) is 22. The van der Waals surface area contributed by atoms with Crippen LogP contribution in [0.15, 0.2) is 35.2 Å². The van der Waals surface area contributed by atoms with Gasteiger partial charge < -0.3 is 0 Å². The van der Waals surface area contributed by atoms with E-state index >= 15 is 0 Å². The summed E-state index contributed by atoms with van der Waals surface area (Å²) in [5.41, 5.74) is 2.07. The van der Waals surface area contributed by atoms with Gasteiger partial charge in [-0.2, -0.15) is 8.42 Å². The Labute approximate surface area is 260 Å². The topological polar surface area (TPSA) is 54.4 Å². The average Bonchev–Trinajstić information content (AvgIpc) is 2.97. The van der Waals surface area contributed by atoms with E-state index in [4.69, 9.17) is 0 Å². The minimum Gasteiger partial charge on any atom is -0.282 e. The van der Waals surface area contributed by atoms with E-state index in [0.717, 1.165) is 42.0 Å². The first-order valence-corrected chi connectivity index (χ1v) is 19.4. The zero-order chi connectivity index (χ0) is 30.3. The largest absolute Gasteiger partial charge is 0.294 e. The van der Waals surface area contributed by atoms with Gasteiger partial charge in [-0.15, -0.1) is 0 Å². The number of rotatable bonds is 27. The molecule has 0 aromatic heterocycles. The van der Waals surface area contributed by atoms with Crippen LogP contribution in [0.1, 0.15) is 179 Å². The van der Waals surface area contributed by atoms with Crippen LogP contribution in [0.25, 0.3) is 10.8 Å².